The summed E-state index contributed by atoms with van der Waals surface area (Å²) < 4.78 is 1.07. The molecule has 100 valence electrons. The van der Waals surface area contributed by atoms with Gasteiger partial charge in [0.2, 0.25) is 0 Å². The Morgan fingerprint density at radius 1 is 1.25 bits per heavy atom. The van der Waals surface area contributed by atoms with Gasteiger partial charge in [-0.15, -0.1) is 11.3 Å². The van der Waals surface area contributed by atoms with Gasteiger partial charge in [-0.3, -0.25) is 10.1 Å². The molecule has 2 N–H and O–H groups in total. The largest absolute Gasteiger partial charge is 0.393 e. The lowest BCUT2D eigenvalue weighted by atomic mass is 10.2. The molecular weight excluding hydrogens is 274 g/mol. The standard InChI is InChI=1S/C14H11N3O2S/c1-8-2-5-11-13(6-8)20-14(16-11)9-3-4-10(15)12(7-9)17(18)19/h2-7H,15H2,1H3. The maximum absolute atomic E-state index is 10.9. The van der Waals surface area contributed by atoms with Crippen molar-refractivity contribution in [2.45, 2.75) is 6.92 Å². The maximum atomic E-state index is 10.9. The first kappa shape index (κ1) is 12.6. The topological polar surface area (TPSA) is 82.0 Å². The fourth-order valence-corrected chi connectivity index (χ4v) is 3.05. The Balaban J connectivity index is 2.15. The highest BCUT2D eigenvalue weighted by molar-refractivity contribution is 7.21. The average molecular weight is 285 g/mol. The van der Waals surface area contributed by atoms with Gasteiger partial charge in [0.25, 0.3) is 5.69 Å². The van der Waals surface area contributed by atoms with Crippen LogP contribution in [0.3, 0.4) is 0 Å². The summed E-state index contributed by atoms with van der Waals surface area (Å²) in [7, 11) is 0. The van der Waals surface area contributed by atoms with Crippen molar-refractivity contribution in [1.29, 1.82) is 0 Å². The van der Waals surface area contributed by atoms with E-state index < -0.39 is 4.92 Å². The van der Waals surface area contributed by atoms with Crippen LogP contribution in [-0.4, -0.2) is 9.91 Å². The van der Waals surface area contributed by atoms with Crippen LogP contribution in [0, 0.1) is 17.0 Å². The molecular formula is C14H11N3O2S. The normalized spacial score (nSPS) is 10.8. The molecule has 0 saturated carbocycles. The van der Waals surface area contributed by atoms with Gasteiger partial charge in [0.15, 0.2) is 0 Å². The number of nitro benzene ring substituents is 1. The van der Waals surface area contributed by atoms with E-state index in [4.69, 9.17) is 5.73 Å². The van der Waals surface area contributed by atoms with Crippen LogP contribution in [0.1, 0.15) is 5.56 Å². The molecule has 2 aromatic carbocycles. The maximum Gasteiger partial charge on any atom is 0.292 e. The summed E-state index contributed by atoms with van der Waals surface area (Å²) in [6.45, 7) is 2.02. The highest BCUT2D eigenvalue weighted by Gasteiger charge is 2.14. The van der Waals surface area contributed by atoms with Gasteiger partial charge in [0, 0.05) is 11.6 Å². The molecule has 0 aliphatic carbocycles. The van der Waals surface area contributed by atoms with Crippen LogP contribution in [0.5, 0.6) is 0 Å². The molecule has 0 unspecified atom stereocenters. The minimum Gasteiger partial charge on any atom is -0.393 e. The third-order valence-corrected chi connectivity index (χ3v) is 4.09. The van der Waals surface area contributed by atoms with E-state index in [1.165, 1.54) is 17.4 Å². The summed E-state index contributed by atoms with van der Waals surface area (Å²) in [6, 6.07) is 10.8. The van der Waals surface area contributed by atoms with Gasteiger partial charge in [-0.2, -0.15) is 0 Å². The van der Waals surface area contributed by atoms with Gasteiger partial charge in [-0.05, 0) is 36.8 Å². The predicted octanol–water partition coefficient (Wildman–Crippen LogP) is 3.76. The van der Waals surface area contributed by atoms with E-state index in [-0.39, 0.29) is 11.4 Å². The molecule has 0 aliphatic rings. The van der Waals surface area contributed by atoms with E-state index in [1.54, 1.807) is 12.1 Å². The van der Waals surface area contributed by atoms with Crippen LogP contribution in [0.4, 0.5) is 11.4 Å². The lowest BCUT2D eigenvalue weighted by molar-refractivity contribution is -0.383. The van der Waals surface area contributed by atoms with Crippen molar-refractivity contribution in [2.24, 2.45) is 0 Å². The first-order valence-corrected chi connectivity index (χ1v) is 6.78. The second kappa shape index (κ2) is 4.57. The number of benzene rings is 2. The molecule has 0 aliphatic heterocycles. The number of nitro groups is 1. The predicted molar refractivity (Wildman–Crippen MR) is 80.9 cm³/mol. The summed E-state index contributed by atoms with van der Waals surface area (Å²) in [6.07, 6.45) is 0. The van der Waals surface area contributed by atoms with Crippen LogP contribution >= 0.6 is 11.3 Å². The molecule has 0 saturated heterocycles. The number of thiazole rings is 1. The number of fused-ring (bicyclic) bond motifs is 1. The summed E-state index contributed by atoms with van der Waals surface area (Å²) in [4.78, 5) is 15.0. The van der Waals surface area contributed by atoms with E-state index in [0.717, 1.165) is 20.8 Å². The molecule has 0 spiro atoms. The zero-order chi connectivity index (χ0) is 14.3. The second-order valence-corrected chi connectivity index (χ2v) is 5.55. The molecule has 1 aromatic heterocycles. The van der Waals surface area contributed by atoms with Gasteiger partial charge in [-0.25, -0.2) is 4.98 Å². The Morgan fingerprint density at radius 2 is 2.05 bits per heavy atom. The van der Waals surface area contributed by atoms with Crippen molar-refractivity contribution < 1.29 is 4.92 Å². The third-order valence-electron chi connectivity index (χ3n) is 3.02. The molecule has 1 heterocycles. The first-order chi connectivity index (χ1) is 9.54. The summed E-state index contributed by atoms with van der Waals surface area (Å²) in [5.41, 5.74) is 8.46. The lowest BCUT2D eigenvalue weighted by Gasteiger charge is -1.99. The monoisotopic (exact) mass is 285 g/mol. The third kappa shape index (κ3) is 2.10. The zero-order valence-electron chi connectivity index (χ0n) is 10.7. The Bertz CT molecular complexity index is 826. The molecule has 0 bridgehead atoms. The van der Waals surface area contributed by atoms with Crippen molar-refractivity contribution in [2.75, 3.05) is 5.73 Å². The SMILES string of the molecule is Cc1ccc2nc(-c3ccc(N)c([N+](=O)[O-])c3)sc2c1. The van der Waals surface area contributed by atoms with Crippen LogP contribution in [-0.2, 0) is 0 Å². The minimum absolute atomic E-state index is 0.0852. The second-order valence-electron chi connectivity index (χ2n) is 4.52. The van der Waals surface area contributed by atoms with Gasteiger partial charge in [0.1, 0.15) is 10.7 Å². The molecule has 0 fully saturated rings. The summed E-state index contributed by atoms with van der Waals surface area (Å²) >= 11 is 1.52. The van der Waals surface area contributed by atoms with Crippen molar-refractivity contribution in [3.63, 3.8) is 0 Å². The molecule has 0 radical (unpaired) electrons. The van der Waals surface area contributed by atoms with Crippen molar-refractivity contribution in [1.82, 2.24) is 4.98 Å². The van der Waals surface area contributed by atoms with E-state index in [2.05, 4.69) is 11.1 Å². The molecule has 0 amide bonds. The van der Waals surface area contributed by atoms with Crippen LogP contribution in [0.2, 0.25) is 0 Å². The molecule has 5 nitrogen and oxygen atoms in total. The minimum atomic E-state index is -0.476. The van der Waals surface area contributed by atoms with Gasteiger partial charge >= 0.3 is 0 Å². The number of anilines is 1. The number of aromatic nitrogens is 1. The zero-order valence-corrected chi connectivity index (χ0v) is 11.5. The Labute approximate surface area is 118 Å². The van der Waals surface area contributed by atoms with E-state index in [0.29, 0.717) is 5.56 Å². The van der Waals surface area contributed by atoms with Crippen molar-refractivity contribution in [3.05, 3.63) is 52.1 Å². The van der Waals surface area contributed by atoms with Crippen LogP contribution in [0.15, 0.2) is 36.4 Å². The molecule has 0 atom stereocenters. The average Bonchev–Trinajstić information content (AvgIpc) is 2.81. The van der Waals surface area contributed by atoms with Gasteiger partial charge in [-0.1, -0.05) is 6.07 Å². The molecule has 3 aromatic rings. The quantitative estimate of drug-likeness (QED) is 0.441. The molecule has 3 rings (SSSR count). The fourth-order valence-electron chi connectivity index (χ4n) is 1.99. The Hall–Kier alpha value is -2.47. The number of nitrogens with two attached hydrogens (primary N) is 1. The number of hydrogen-bond donors (Lipinski definition) is 1. The highest BCUT2D eigenvalue weighted by atomic mass is 32.1. The van der Waals surface area contributed by atoms with Crippen LogP contribution in [0.25, 0.3) is 20.8 Å². The lowest BCUT2D eigenvalue weighted by Crippen LogP contribution is -1.95. The Morgan fingerprint density at radius 3 is 2.80 bits per heavy atom. The molecule has 20 heavy (non-hydrogen) atoms. The Kier molecular flexibility index (Phi) is 2.87. The number of rotatable bonds is 2. The summed E-state index contributed by atoms with van der Waals surface area (Å²) in [5.74, 6) is 0. The smallest absolute Gasteiger partial charge is 0.292 e. The van der Waals surface area contributed by atoms with E-state index >= 15 is 0 Å². The van der Waals surface area contributed by atoms with Gasteiger partial charge < -0.3 is 5.73 Å². The fraction of sp³-hybridized carbons (Fsp3) is 0.0714. The number of nitrogen functional groups attached to an aromatic ring is 1. The summed E-state index contributed by atoms with van der Waals surface area (Å²) in [5, 5.41) is 11.7. The van der Waals surface area contributed by atoms with Crippen molar-refractivity contribution >= 4 is 32.9 Å². The van der Waals surface area contributed by atoms with E-state index in [9.17, 15) is 10.1 Å². The van der Waals surface area contributed by atoms with Gasteiger partial charge in [0.05, 0.1) is 15.1 Å². The highest BCUT2D eigenvalue weighted by Crippen LogP contribution is 2.34. The number of nitrogens with zero attached hydrogens (tertiary/aromatic N) is 2. The van der Waals surface area contributed by atoms with E-state index in [1.807, 2.05) is 19.1 Å². The number of hydrogen-bond acceptors (Lipinski definition) is 5. The van der Waals surface area contributed by atoms with Crippen molar-refractivity contribution in [3.8, 4) is 10.6 Å². The molecule has 6 heteroatoms. The first-order valence-electron chi connectivity index (χ1n) is 5.96. The van der Waals surface area contributed by atoms with Crippen LogP contribution < -0.4 is 5.73 Å². The number of aryl methyl sites for hydroxylation is 1.